The van der Waals surface area contributed by atoms with Gasteiger partial charge in [-0.1, -0.05) is 0 Å². The fourth-order valence-electron chi connectivity index (χ4n) is 1.65. The molecule has 3 heteroatoms. The van der Waals surface area contributed by atoms with E-state index in [0.29, 0.717) is 17.9 Å². The summed E-state index contributed by atoms with van der Waals surface area (Å²) in [6.45, 7) is 4.28. The summed E-state index contributed by atoms with van der Waals surface area (Å²) < 4.78 is 2.01. The minimum Gasteiger partial charge on any atom is -0.270 e. The minimum atomic E-state index is 0.460. The fraction of sp³-hybridized carbons (Fsp3) is 0.700. The highest BCUT2D eigenvalue weighted by Crippen LogP contribution is 2.47. The first-order valence-electron chi connectivity index (χ1n) is 4.82. The van der Waals surface area contributed by atoms with E-state index < -0.39 is 0 Å². The van der Waals surface area contributed by atoms with Gasteiger partial charge in [-0.25, -0.2) is 0 Å². The first kappa shape index (κ1) is 9.07. The first-order valence-corrected chi connectivity index (χ1v) is 5.36. The molecule has 1 saturated carbocycles. The van der Waals surface area contributed by atoms with Gasteiger partial charge in [0.05, 0.1) is 6.20 Å². The molecule has 1 fully saturated rings. The summed E-state index contributed by atoms with van der Waals surface area (Å²) in [5.41, 5.74) is 1.36. The molecule has 2 unspecified atom stereocenters. The molecule has 2 nitrogen and oxygen atoms in total. The molecule has 2 atom stereocenters. The van der Waals surface area contributed by atoms with Crippen LogP contribution in [0.2, 0.25) is 0 Å². The average Bonchev–Trinajstić information content (AvgIpc) is 2.73. The predicted molar refractivity (Wildman–Crippen MR) is 54.2 cm³/mol. The van der Waals surface area contributed by atoms with E-state index in [-0.39, 0.29) is 0 Å². The SMILES string of the molecule is CC(C)n1cc(C2CC2CCl)cn1. The Balaban J connectivity index is 2.07. The van der Waals surface area contributed by atoms with E-state index >= 15 is 0 Å². The smallest absolute Gasteiger partial charge is 0.0524 e. The van der Waals surface area contributed by atoms with Crippen molar-refractivity contribution in [2.45, 2.75) is 32.2 Å². The Hall–Kier alpha value is -0.500. The van der Waals surface area contributed by atoms with Gasteiger partial charge in [0.1, 0.15) is 0 Å². The van der Waals surface area contributed by atoms with Gasteiger partial charge < -0.3 is 0 Å². The summed E-state index contributed by atoms with van der Waals surface area (Å²) in [4.78, 5) is 0. The van der Waals surface area contributed by atoms with Crippen molar-refractivity contribution in [1.82, 2.24) is 9.78 Å². The summed E-state index contributed by atoms with van der Waals surface area (Å²) in [6.07, 6.45) is 5.38. The van der Waals surface area contributed by atoms with E-state index in [4.69, 9.17) is 11.6 Å². The van der Waals surface area contributed by atoms with Crippen LogP contribution < -0.4 is 0 Å². The average molecular weight is 199 g/mol. The molecule has 0 radical (unpaired) electrons. The maximum absolute atomic E-state index is 5.79. The molecule has 0 spiro atoms. The number of aromatic nitrogens is 2. The summed E-state index contributed by atoms with van der Waals surface area (Å²) in [7, 11) is 0. The van der Waals surface area contributed by atoms with Crippen LogP contribution in [-0.2, 0) is 0 Å². The second kappa shape index (κ2) is 3.33. The molecule has 0 N–H and O–H groups in total. The van der Waals surface area contributed by atoms with Crippen molar-refractivity contribution in [3.63, 3.8) is 0 Å². The second-order valence-electron chi connectivity index (χ2n) is 4.10. The molecular weight excluding hydrogens is 184 g/mol. The highest BCUT2D eigenvalue weighted by atomic mass is 35.5. The molecule has 1 aliphatic rings. The molecule has 0 aromatic carbocycles. The summed E-state index contributed by atoms with van der Waals surface area (Å²) in [5.74, 6) is 2.17. The minimum absolute atomic E-state index is 0.460. The zero-order valence-corrected chi connectivity index (χ0v) is 8.83. The Morgan fingerprint density at radius 3 is 2.92 bits per heavy atom. The van der Waals surface area contributed by atoms with Gasteiger partial charge in [0.2, 0.25) is 0 Å². The largest absolute Gasteiger partial charge is 0.270 e. The highest BCUT2D eigenvalue weighted by Gasteiger charge is 2.38. The lowest BCUT2D eigenvalue weighted by molar-refractivity contribution is 0.532. The van der Waals surface area contributed by atoms with Crippen LogP contribution in [0.25, 0.3) is 0 Å². The zero-order chi connectivity index (χ0) is 9.42. The van der Waals surface area contributed by atoms with Crippen molar-refractivity contribution in [1.29, 1.82) is 0 Å². The third-order valence-corrected chi connectivity index (χ3v) is 3.10. The maximum Gasteiger partial charge on any atom is 0.0524 e. The van der Waals surface area contributed by atoms with Crippen molar-refractivity contribution in [2.24, 2.45) is 5.92 Å². The van der Waals surface area contributed by atoms with Crippen molar-refractivity contribution in [2.75, 3.05) is 5.88 Å². The van der Waals surface area contributed by atoms with Crippen molar-refractivity contribution >= 4 is 11.6 Å². The molecule has 1 aromatic rings. The quantitative estimate of drug-likeness (QED) is 0.683. The van der Waals surface area contributed by atoms with E-state index in [9.17, 15) is 0 Å². The number of rotatable bonds is 3. The topological polar surface area (TPSA) is 17.8 Å². The molecule has 72 valence electrons. The highest BCUT2D eigenvalue weighted by molar-refractivity contribution is 6.18. The van der Waals surface area contributed by atoms with Crippen LogP contribution in [0.4, 0.5) is 0 Å². The van der Waals surface area contributed by atoms with Gasteiger partial charge in [-0.3, -0.25) is 4.68 Å². The molecule has 0 amide bonds. The maximum atomic E-state index is 5.79. The van der Waals surface area contributed by atoms with E-state index in [1.54, 1.807) is 0 Å². The van der Waals surface area contributed by atoms with Crippen molar-refractivity contribution < 1.29 is 0 Å². The molecule has 0 saturated heterocycles. The number of hydrogen-bond donors (Lipinski definition) is 0. The number of halogens is 1. The number of alkyl halides is 1. The second-order valence-corrected chi connectivity index (χ2v) is 4.41. The molecule has 1 aliphatic carbocycles. The zero-order valence-electron chi connectivity index (χ0n) is 8.07. The van der Waals surface area contributed by atoms with Gasteiger partial charge in [0.25, 0.3) is 0 Å². The predicted octanol–water partition coefficient (Wildman–Crippen LogP) is 2.81. The molecule has 0 bridgehead atoms. The van der Waals surface area contributed by atoms with Crippen LogP contribution in [-0.4, -0.2) is 15.7 Å². The Labute approximate surface area is 83.9 Å². The lowest BCUT2D eigenvalue weighted by Crippen LogP contribution is -1.99. The summed E-state index contributed by atoms with van der Waals surface area (Å²) in [5, 5.41) is 4.32. The van der Waals surface area contributed by atoms with Crippen LogP contribution in [0.15, 0.2) is 12.4 Å². The Morgan fingerprint density at radius 2 is 2.46 bits per heavy atom. The van der Waals surface area contributed by atoms with Crippen LogP contribution in [0.5, 0.6) is 0 Å². The molecule has 0 aliphatic heterocycles. The standard InChI is InChI=1S/C10H15ClN2/c1-7(2)13-6-9(5-12-13)10-3-8(10)4-11/h5-8,10H,3-4H2,1-2H3. The molecule has 13 heavy (non-hydrogen) atoms. The monoisotopic (exact) mass is 198 g/mol. The molecule has 1 aromatic heterocycles. The van der Waals surface area contributed by atoms with Gasteiger partial charge in [-0.05, 0) is 37.7 Å². The molecule has 2 rings (SSSR count). The fourth-order valence-corrected chi connectivity index (χ4v) is 1.99. The Morgan fingerprint density at radius 1 is 1.69 bits per heavy atom. The van der Waals surface area contributed by atoms with E-state index in [1.807, 2.05) is 10.9 Å². The first-order chi connectivity index (χ1) is 6.22. The van der Waals surface area contributed by atoms with Crippen LogP contribution in [0, 0.1) is 5.92 Å². The van der Waals surface area contributed by atoms with Gasteiger partial charge >= 0.3 is 0 Å². The number of nitrogens with zero attached hydrogens (tertiary/aromatic N) is 2. The summed E-state index contributed by atoms with van der Waals surface area (Å²) >= 11 is 5.79. The van der Waals surface area contributed by atoms with E-state index in [0.717, 1.165) is 5.88 Å². The third-order valence-electron chi connectivity index (χ3n) is 2.70. The summed E-state index contributed by atoms with van der Waals surface area (Å²) in [6, 6.07) is 0.460. The van der Waals surface area contributed by atoms with Gasteiger partial charge in [-0.15, -0.1) is 11.6 Å². The van der Waals surface area contributed by atoms with E-state index in [1.165, 1.54) is 12.0 Å². The van der Waals surface area contributed by atoms with Crippen LogP contribution in [0.3, 0.4) is 0 Å². The van der Waals surface area contributed by atoms with Crippen molar-refractivity contribution in [3.8, 4) is 0 Å². The lowest BCUT2D eigenvalue weighted by atomic mass is 10.2. The van der Waals surface area contributed by atoms with Gasteiger partial charge in [0.15, 0.2) is 0 Å². The Kier molecular flexibility index (Phi) is 2.33. The Bertz CT molecular complexity index is 293. The van der Waals surface area contributed by atoms with Crippen molar-refractivity contribution in [3.05, 3.63) is 18.0 Å². The molecular formula is C10H15ClN2. The van der Waals surface area contributed by atoms with Crippen LogP contribution >= 0.6 is 11.6 Å². The number of hydrogen-bond acceptors (Lipinski definition) is 1. The van der Waals surface area contributed by atoms with Gasteiger partial charge in [0, 0.05) is 18.1 Å². The molecule has 1 heterocycles. The lowest BCUT2D eigenvalue weighted by Gasteiger charge is -2.02. The van der Waals surface area contributed by atoms with Gasteiger partial charge in [-0.2, -0.15) is 5.10 Å². The normalized spacial score (nSPS) is 26.8. The third kappa shape index (κ3) is 1.73. The van der Waals surface area contributed by atoms with Crippen LogP contribution in [0.1, 0.15) is 37.8 Å². The van der Waals surface area contributed by atoms with E-state index in [2.05, 4.69) is 25.1 Å².